The van der Waals surface area contributed by atoms with Gasteiger partial charge < -0.3 is 15.3 Å². The van der Waals surface area contributed by atoms with Crippen molar-refractivity contribution in [1.29, 1.82) is 0 Å². The van der Waals surface area contributed by atoms with Gasteiger partial charge >= 0.3 is 0 Å². The Labute approximate surface area is 110 Å². The van der Waals surface area contributed by atoms with Gasteiger partial charge in [0.15, 0.2) is 0 Å². The maximum Gasteiger partial charge on any atom is 0.128 e. The number of hydrogen-bond donors (Lipinski definition) is 2. The monoisotopic (exact) mass is 251 g/mol. The molecule has 1 rings (SSSR count). The number of aromatic nitrogens is 1. The van der Waals surface area contributed by atoms with Gasteiger partial charge in [-0.15, -0.1) is 0 Å². The molecule has 0 spiro atoms. The van der Waals surface area contributed by atoms with Crippen molar-refractivity contribution < 1.29 is 5.11 Å². The van der Waals surface area contributed by atoms with Gasteiger partial charge in [0, 0.05) is 25.3 Å². The van der Waals surface area contributed by atoms with Crippen LogP contribution in [0.3, 0.4) is 0 Å². The summed E-state index contributed by atoms with van der Waals surface area (Å²) in [6.45, 7) is 6.05. The van der Waals surface area contributed by atoms with E-state index >= 15 is 0 Å². The summed E-state index contributed by atoms with van der Waals surface area (Å²) in [7, 11) is 1.95. The second kappa shape index (κ2) is 8.06. The smallest absolute Gasteiger partial charge is 0.128 e. The van der Waals surface area contributed by atoms with E-state index in [4.69, 9.17) is 5.11 Å². The molecule has 102 valence electrons. The summed E-state index contributed by atoms with van der Waals surface area (Å²) in [4.78, 5) is 6.56. The molecule has 1 atom stereocenters. The van der Waals surface area contributed by atoms with Gasteiger partial charge in [-0.2, -0.15) is 0 Å². The van der Waals surface area contributed by atoms with Crippen LogP contribution < -0.4 is 10.2 Å². The highest BCUT2D eigenvalue weighted by molar-refractivity contribution is 5.41. The lowest BCUT2D eigenvalue weighted by Crippen LogP contribution is -2.28. The van der Waals surface area contributed by atoms with Gasteiger partial charge in [0.1, 0.15) is 5.82 Å². The molecular formula is C14H25N3O. The lowest BCUT2D eigenvalue weighted by atomic mass is 10.1. The molecule has 2 N–H and O–H groups in total. The molecule has 18 heavy (non-hydrogen) atoms. The van der Waals surface area contributed by atoms with Gasteiger partial charge in [0.2, 0.25) is 0 Å². The Kier molecular flexibility index (Phi) is 6.68. The molecule has 0 aromatic carbocycles. The number of anilines is 1. The second-order valence-electron chi connectivity index (χ2n) is 4.52. The van der Waals surface area contributed by atoms with E-state index in [1.54, 1.807) is 0 Å². The summed E-state index contributed by atoms with van der Waals surface area (Å²) in [6, 6.07) is 4.45. The van der Waals surface area contributed by atoms with Gasteiger partial charge in [-0.25, -0.2) is 4.98 Å². The predicted molar refractivity (Wildman–Crippen MR) is 75.9 cm³/mol. The largest absolute Gasteiger partial charge is 0.395 e. The van der Waals surface area contributed by atoms with Crippen molar-refractivity contribution in [3.05, 3.63) is 23.9 Å². The SMILES string of the molecule is CCCCN(CCO)c1cc(C(C)NC)ccn1. The highest BCUT2D eigenvalue weighted by Gasteiger charge is 2.09. The minimum Gasteiger partial charge on any atom is -0.395 e. The molecule has 0 saturated heterocycles. The molecule has 0 amide bonds. The van der Waals surface area contributed by atoms with Gasteiger partial charge in [0.05, 0.1) is 6.61 Å². The maximum atomic E-state index is 9.14. The zero-order chi connectivity index (χ0) is 13.4. The van der Waals surface area contributed by atoms with E-state index in [0.717, 1.165) is 25.2 Å². The van der Waals surface area contributed by atoms with E-state index in [0.29, 0.717) is 12.6 Å². The fourth-order valence-electron chi connectivity index (χ4n) is 1.85. The summed E-state index contributed by atoms with van der Waals surface area (Å²) in [5, 5.41) is 12.4. The Morgan fingerprint density at radius 3 is 2.83 bits per heavy atom. The van der Waals surface area contributed by atoms with E-state index in [1.807, 2.05) is 19.3 Å². The van der Waals surface area contributed by atoms with Crippen LogP contribution in [0.4, 0.5) is 5.82 Å². The highest BCUT2D eigenvalue weighted by Crippen LogP contribution is 2.18. The van der Waals surface area contributed by atoms with Gasteiger partial charge in [-0.05, 0) is 38.1 Å². The fourth-order valence-corrected chi connectivity index (χ4v) is 1.85. The quantitative estimate of drug-likeness (QED) is 0.741. The Bertz CT molecular complexity index is 344. The van der Waals surface area contributed by atoms with Crippen LogP contribution >= 0.6 is 0 Å². The molecular weight excluding hydrogens is 226 g/mol. The Hall–Kier alpha value is -1.13. The minimum atomic E-state index is 0.164. The van der Waals surface area contributed by atoms with Crippen molar-refractivity contribution in [3.63, 3.8) is 0 Å². The van der Waals surface area contributed by atoms with Gasteiger partial charge in [-0.3, -0.25) is 0 Å². The minimum absolute atomic E-state index is 0.164. The lowest BCUT2D eigenvalue weighted by Gasteiger charge is -2.23. The number of rotatable bonds is 8. The van der Waals surface area contributed by atoms with Crippen LogP contribution in [-0.2, 0) is 0 Å². The number of aliphatic hydroxyl groups is 1. The van der Waals surface area contributed by atoms with Gasteiger partial charge in [-0.1, -0.05) is 13.3 Å². The highest BCUT2D eigenvalue weighted by atomic mass is 16.3. The molecule has 1 aromatic heterocycles. The van der Waals surface area contributed by atoms with Crippen LogP contribution in [0.15, 0.2) is 18.3 Å². The van der Waals surface area contributed by atoms with E-state index in [1.165, 1.54) is 5.56 Å². The summed E-state index contributed by atoms with van der Waals surface area (Å²) < 4.78 is 0. The van der Waals surface area contributed by atoms with Crippen molar-refractivity contribution in [3.8, 4) is 0 Å². The number of pyridine rings is 1. The van der Waals surface area contributed by atoms with Crippen LogP contribution in [0.5, 0.6) is 0 Å². The topological polar surface area (TPSA) is 48.4 Å². The second-order valence-corrected chi connectivity index (χ2v) is 4.52. The van der Waals surface area contributed by atoms with Crippen molar-refractivity contribution >= 4 is 5.82 Å². The van der Waals surface area contributed by atoms with Crippen molar-refractivity contribution in [2.75, 3.05) is 31.6 Å². The zero-order valence-electron chi connectivity index (χ0n) is 11.7. The third-order valence-corrected chi connectivity index (χ3v) is 3.18. The summed E-state index contributed by atoms with van der Waals surface area (Å²) in [5.41, 5.74) is 1.22. The van der Waals surface area contributed by atoms with Crippen molar-refractivity contribution in [2.24, 2.45) is 0 Å². The first-order chi connectivity index (χ1) is 8.72. The molecule has 0 bridgehead atoms. The molecule has 1 unspecified atom stereocenters. The molecule has 4 heteroatoms. The maximum absolute atomic E-state index is 9.14. The third kappa shape index (κ3) is 4.27. The van der Waals surface area contributed by atoms with Crippen molar-refractivity contribution in [1.82, 2.24) is 10.3 Å². The summed E-state index contributed by atoms with van der Waals surface area (Å²) in [6.07, 6.45) is 4.11. The first-order valence-corrected chi connectivity index (χ1v) is 6.72. The Balaban J connectivity index is 2.83. The molecule has 1 heterocycles. The standard InChI is InChI=1S/C14H25N3O/c1-4-5-8-17(9-10-18)14-11-13(6-7-16-14)12(2)15-3/h6-7,11-12,15,18H,4-5,8-10H2,1-3H3. The van der Waals surface area contributed by atoms with Crippen LogP contribution in [0.25, 0.3) is 0 Å². The molecule has 0 aliphatic carbocycles. The van der Waals surface area contributed by atoms with E-state index in [2.05, 4.69) is 35.1 Å². The van der Waals surface area contributed by atoms with Crippen LogP contribution in [0.1, 0.15) is 38.3 Å². The summed E-state index contributed by atoms with van der Waals surface area (Å²) in [5.74, 6) is 0.956. The van der Waals surface area contributed by atoms with Crippen LogP contribution in [0.2, 0.25) is 0 Å². The third-order valence-electron chi connectivity index (χ3n) is 3.18. The van der Waals surface area contributed by atoms with Crippen LogP contribution in [0, 0.1) is 0 Å². The van der Waals surface area contributed by atoms with E-state index in [9.17, 15) is 0 Å². The number of aliphatic hydroxyl groups excluding tert-OH is 1. The first kappa shape index (κ1) is 14.9. The normalized spacial score (nSPS) is 12.4. The molecule has 0 aliphatic rings. The molecule has 4 nitrogen and oxygen atoms in total. The molecule has 0 radical (unpaired) electrons. The number of nitrogens with zero attached hydrogens (tertiary/aromatic N) is 2. The fraction of sp³-hybridized carbons (Fsp3) is 0.643. The molecule has 0 aliphatic heterocycles. The predicted octanol–water partition coefficient (Wildman–Crippen LogP) is 1.96. The van der Waals surface area contributed by atoms with E-state index in [-0.39, 0.29) is 6.61 Å². The lowest BCUT2D eigenvalue weighted by molar-refractivity contribution is 0.301. The summed E-state index contributed by atoms with van der Waals surface area (Å²) >= 11 is 0. The van der Waals surface area contributed by atoms with Gasteiger partial charge in [0.25, 0.3) is 0 Å². The Morgan fingerprint density at radius 2 is 2.22 bits per heavy atom. The number of nitrogens with one attached hydrogen (secondary N) is 1. The first-order valence-electron chi connectivity index (χ1n) is 6.72. The number of hydrogen-bond acceptors (Lipinski definition) is 4. The van der Waals surface area contributed by atoms with Crippen LogP contribution in [-0.4, -0.2) is 36.8 Å². The molecule has 1 aromatic rings. The molecule has 0 fully saturated rings. The molecule has 0 saturated carbocycles. The average Bonchev–Trinajstić information content (AvgIpc) is 2.42. The zero-order valence-corrected chi connectivity index (χ0v) is 11.7. The van der Waals surface area contributed by atoms with E-state index < -0.39 is 0 Å². The average molecular weight is 251 g/mol. The Morgan fingerprint density at radius 1 is 1.44 bits per heavy atom. The van der Waals surface area contributed by atoms with Crippen molar-refractivity contribution in [2.45, 2.75) is 32.7 Å². The number of unbranched alkanes of at least 4 members (excludes halogenated alkanes) is 1.